The van der Waals surface area contributed by atoms with Crippen molar-refractivity contribution < 1.29 is 9.84 Å². The summed E-state index contributed by atoms with van der Waals surface area (Å²) in [4.78, 5) is 4.51. The number of H-pyrrole nitrogens is 1. The molecule has 0 aliphatic rings. The van der Waals surface area contributed by atoms with E-state index in [1.54, 1.807) is 0 Å². The highest BCUT2D eigenvalue weighted by atomic mass is 16.5. The SMILES string of the molecule is OC(COc1cccc2[nH]ccc12)Cn1nnc(-c2ccccc2)n1. The summed E-state index contributed by atoms with van der Waals surface area (Å²) in [5.74, 6) is 1.26. The van der Waals surface area contributed by atoms with Gasteiger partial charge in [-0.25, -0.2) is 0 Å². The summed E-state index contributed by atoms with van der Waals surface area (Å²) >= 11 is 0. The normalized spacial score (nSPS) is 12.4. The molecule has 0 amide bonds. The van der Waals surface area contributed by atoms with Crippen LogP contribution in [0.5, 0.6) is 5.75 Å². The lowest BCUT2D eigenvalue weighted by molar-refractivity contribution is 0.0857. The van der Waals surface area contributed by atoms with Crippen LogP contribution in [-0.2, 0) is 6.54 Å². The molecule has 0 saturated heterocycles. The monoisotopic (exact) mass is 335 g/mol. The molecule has 0 aliphatic heterocycles. The highest BCUT2D eigenvalue weighted by Gasteiger charge is 2.12. The third-order valence-corrected chi connectivity index (χ3v) is 3.85. The van der Waals surface area contributed by atoms with Crippen molar-refractivity contribution in [3.8, 4) is 17.1 Å². The van der Waals surface area contributed by atoms with Gasteiger partial charge in [-0.05, 0) is 23.4 Å². The van der Waals surface area contributed by atoms with Crippen LogP contribution in [0.15, 0.2) is 60.8 Å². The molecule has 126 valence electrons. The van der Waals surface area contributed by atoms with Crippen molar-refractivity contribution in [3.05, 3.63) is 60.8 Å². The van der Waals surface area contributed by atoms with E-state index in [0.29, 0.717) is 5.82 Å². The minimum Gasteiger partial charge on any atom is -0.490 e. The van der Waals surface area contributed by atoms with Crippen LogP contribution >= 0.6 is 0 Å². The maximum Gasteiger partial charge on any atom is 0.204 e. The number of hydrogen-bond acceptors (Lipinski definition) is 5. The van der Waals surface area contributed by atoms with E-state index in [0.717, 1.165) is 22.2 Å². The molecular weight excluding hydrogens is 318 g/mol. The number of tetrazole rings is 1. The van der Waals surface area contributed by atoms with Gasteiger partial charge in [-0.3, -0.25) is 0 Å². The Hall–Kier alpha value is -3.19. The number of benzene rings is 2. The van der Waals surface area contributed by atoms with Gasteiger partial charge >= 0.3 is 0 Å². The van der Waals surface area contributed by atoms with Crippen molar-refractivity contribution >= 4 is 10.9 Å². The largest absolute Gasteiger partial charge is 0.490 e. The van der Waals surface area contributed by atoms with Crippen LogP contribution in [-0.4, -0.2) is 43.0 Å². The second kappa shape index (κ2) is 6.74. The van der Waals surface area contributed by atoms with Gasteiger partial charge in [-0.1, -0.05) is 36.4 Å². The molecule has 2 aromatic heterocycles. The second-order valence-corrected chi connectivity index (χ2v) is 5.69. The molecule has 25 heavy (non-hydrogen) atoms. The molecule has 7 heteroatoms. The van der Waals surface area contributed by atoms with E-state index in [1.807, 2.05) is 60.8 Å². The predicted molar refractivity (Wildman–Crippen MR) is 93.1 cm³/mol. The summed E-state index contributed by atoms with van der Waals surface area (Å²) in [6.07, 6.45) is 1.12. The molecule has 1 atom stereocenters. The highest BCUT2D eigenvalue weighted by Crippen LogP contribution is 2.24. The molecule has 7 nitrogen and oxygen atoms in total. The second-order valence-electron chi connectivity index (χ2n) is 5.69. The average Bonchev–Trinajstić information content (AvgIpc) is 3.30. The lowest BCUT2D eigenvalue weighted by Crippen LogP contribution is -2.25. The molecule has 0 radical (unpaired) electrons. The Bertz CT molecular complexity index is 964. The van der Waals surface area contributed by atoms with Gasteiger partial charge < -0.3 is 14.8 Å². The van der Waals surface area contributed by atoms with Crippen molar-refractivity contribution in [3.63, 3.8) is 0 Å². The zero-order valence-corrected chi connectivity index (χ0v) is 13.4. The summed E-state index contributed by atoms with van der Waals surface area (Å²) in [7, 11) is 0. The maximum atomic E-state index is 10.2. The van der Waals surface area contributed by atoms with Gasteiger partial charge in [0.2, 0.25) is 5.82 Å². The summed E-state index contributed by atoms with van der Waals surface area (Å²) in [5, 5.41) is 23.5. The van der Waals surface area contributed by atoms with E-state index in [4.69, 9.17) is 4.74 Å². The summed E-state index contributed by atoms with van der Waals surface area (Å²) in [5.41, 5.74) is 1.89. The number of aromatic amines is 1. The smallest absolute Gasteiger partial charge is 0.204 e. The van der Waals surface area contributed by atoms with Crippen LogP contribution in [0.4, 0.5) is 0 Å². The van der Waals surface area contributed by atoms with Gasteiger partial charge in [0.05, 0.1) is 6.54 Å². The number of nitrogens with one attached hydrogen (secondary N) is 1. The molecule has 0 spiro atoms. The number of aliphatic hydroxyl groups excluding tert-OH is 1. The summed E-state index contributed by atoms with van der Waals surface area (Å²) in [6, 6.07) is 17.3. The van der Waals surface area contributed by atoms with E-state index in [1.165, 1.54) is 4.80 Å². The first-order valence-corrected chi connectivity index (χ1v) is 8.00. The van der Waals surface area contributed by atoms with Crippen LogP contribution < -0.4 is 4.74 Å². The van der Waals surface area contributed by atoms with E-state index in [-0.39, 0.29) is 13.2 Å². The molecule has 2 aromatic carbocycles. The number of aliphatic hydroxyl groups is 1. The van der Waals surface area contributed by atoms with E-state index < -0.39 is 6.10 Å². The van der Waals surface area contributed by atoms with Gasteiger partial charge in [0.25, 0.3) is 0 Å². The van der Waals surface area contributed by atoms with E-state index in [9.17, 15) is 5.11 Å². The Morgan fingerprint density at radius 3 is 2.84 bits per heavy atom. The first-order chi connectivity index (χ1) is 12.3. The number of fused-ring (bicyclic) bond motifs is 1. The standard InChI is InChI=1S/C18H17N5O2/c24-14(12-25-17-8-4-7-16-15(17)9-10-19-16)11-23-21-18(20-22-23)13-5-2-1-3-6-13/h1-10,14,19,24H,11-12H2. The zero-order chi connectivity index (χ0) is 17.1. The Morgan fingerprint density at radius 2 is 1.96 bits per heavy atom. The van der Waals surface area contributed by atoms with Gasteiger partial charge in [0.1, 0.15) is 18.5 Å². The fourth-order valence-corrected chi connectivity index (χ4v) is 2.63. The van der Waals surface area contributed by atoms with Crippen molar-refractivity contribution in [2.75, 3.05) is 6.61 Å². The number of nitrogens with zero attached hydrogens (tertiary/aromatic N) is 4. The third-order valence-electron chi connectivity index (χ3n) is 3.85. The van der Waals surface area contributed by atoms with Gasteiger partial charge in [-0.15, -0.1) is 10.2 Å². The fraction of sp³-hybridized carbons (Fsp3) is 0.167. The van der Waals surface area contributed by atoms with E-state index >= 15 is 0 Å². The van der Waals surface area contributed by atoms with Crippen molar-refractivity contribution in [1.82, 2.24) is 25.2 Å². The molecular formula is C18H17N5O2. The lowest BCUT2D eigenvalue weighted by atomic mass is 10.2. The molecule has 0 fully saturated rings. The van der Waals surface area contributed by atoms with Gasteiger partial charge in [0.15, 0.2) is 0 Å². The number of rotatable bonds is 6. The van der Waals surface area contributed by atoms with Crippen LogP contribution in [0.1, 0.15) is 0 Å². The molecule has 4 rings (SSSR count). The molecule has 0 saturated carbocycles. The minimum absolute atomic E-state index is 0.145. The Morgan fingerprint density at radius 1 is 1.08 bits per heavy atom. The lowest BCUT2D eigenvalue weighted by Gasteiger charge is -2.12. The number of hydrogen-bond donors (Lipinski definition) is 2. The van der Waals surface area contributed by atoms with Crippen molar-refractivity contribution in [1.29, 1.82) is 0 Å². The highest BCUT2D eigenvalue weighted by molar-refractivity contribution is 5.85. The molecule has 0 aliphatic carbocycles. The Balaban J connectivity index is 1.39. The third kappa shape index (κ3) is 3.36. The molecule has 2 heterocycles. The topological polar surface area (TPSA) is 88.9 Å². The Labute approximate surface area is 143 Å². The van der Waals surface area contributed by atoms with Crippen molar-refractivity contribution in [2.24, 2.45) is 0 Å². The summed E-state index contributed by atoms with van der Waals surface area (Å²) in [6.45, 7) is 0.357. The number of aromatic nitrogens is 5. The molecule has 0 bridgehead atoms. The van der Waals surface area contributed by atoms with Crippen LogP contribution in [0, 0.1) is 0 Å². The van der Waals surface area contributed by atoms with Crippen molar-refractivity contribution in [2.45, 2.75) is 12.6 Å². The number of ether oxygens (including phenoxy) is 1. The van der Waals surface area contributed by atoms with E-state index in [2.05, 4.69) is 20.4 Å². The molecule has 4 aromatic rings. The van der Waals surface area contributed by atoms with Crippen LogP contribution in [0.2, 0.25) is 0 Å². The quantitative estimate of drug-likeness (QED) is 0.564. The van der Waals surface area contributed by atoms with Crippen LogP contribution in [0.3, 0.4) is 0 Å². The first-order valence-electron chi connectivity index (χ1n) is 8.00. The van der Waals surface area contributed by atoms with Crippen LogP contribution in [0.25, 0.3) is 22.3 Å². The van der Waals surface area contributed by atoms with Gasteiger partial charge in [0, 0.05) is 22.7 Å². The summed E-state index contributed by atoms with van der Waals surface area (Å²) < 4.78 is 5.74. The predicted octanol–water partition coefficient (Wildman–Crippen LogP) is 2.26. The fourth-order valence-electron chi connectivity index (χ4n) is 2.63. The van der Waals surface area contributed by atoms with Gasteiger partial charge in [-0.2, -0.15) is 4.80 Å². The molecule has 2 N–H and O–H groups in total. The Kier molecular flexibility index (Phi) is 4.14. The maximum absolute atomic E-state index is 10.2. The molecule has 1 unspecified atom stereocenters. The minimum atomic E-state index is -0.743. The first kappa shape index (κ1) is 15.3. The average molecular weight is 335 g/mol. The zero-order valence-electron chi connectivity index (χ0n) is 13.4.